The fourth-order valence-corrected chi connectivity index (χ4v) is 4.79. The quantitative estimate of drug-likeness (QED) is 0.526. The summed E-state index contributed by atoms with van der Waals surface area (Å²) < 4.78 is 26.5. The van der Waals surface area contributed by atoms with Crippen LogP contribution in [-0.2, 0) is 26.2 Å². The van der Waals surface area contributed by atoms with E-state index in [0.29, 0.717) is 21.3 Å². The number of aryl methyl sites for hydroxylation is 1. The van der Waals surface area contributed by atoms with Gasteiger partial charge in [0, 0.05) is 22.6 Å². The van der Waals surface area contributed by atoms with Crippen molar-refractivity contribution in [3.05, 3.63) is 63.1 Å². The Kier molecular flexibility index (Phi) is 9.39. The molecule has 2 aromatic rings. The Hall–Kier alpha value is -2.29. The van der Waals surface area contributed by atoms with Crippen LogP contribution in [0.5, 0.6) is 0 Å². The lowest BCUT2D eigenvalue weighted by molar-refractivity contribution is -0.139. The van der Waals surface area contributed by atoms with Gasteiger partial charge < -0.3 is 10.2 Å². The number of carbonyl (C=O) groups excluding carboxylic acids is 2. The number of nitrogens with one attached hydrogen (secondary N) is 1. The van der Waals surface area contributed by atoms with Gasteiger partial charge in [0.15, 0.2) is 0 Å². The van der Waals surface area contributed by atoms with E-state index in [1.165, 1.54) is 4.90 Å². The average Bonchev–Trinajstić information content (AvgIpc) is 2.72. The van der Waals surface area contributed by atoms with Crippen LogP contribution in [-0.4, -0.2) is 50.0 Å². The molecule has 7 nitrogen and oxygen atoms in total. The van der Waals surface area contributed by atoms with Crippen molar-refractivity contribution >= 4 is 50.7 Å². The number of rotatable bonds is 9. The van der Waals surface area contributed by atoms with Crippen molar-refractivity contribution in [1.82, 2.24) is 10.2 Å². The molecule has 0 heterocycles. The molecule has 0 bridgehead atoms. The van der Waals surface area contributed by atoms with E-state index in [9.17, 15) is 18.0 Å². The summed E-state index contributed by atoms with van der Waals surface area (Å²) in [6, 6.07) is 9.14. The highest BCUT2D eigenvalue weighted by Gasteiger charge is 2.31. The van der Waals surface area contributed by atoms with Crippen molar-refractivity contribution in [3.63, 3.8) is 0 Å². The highest BCUT2D eigenvalue weighted by atomic mass is 35.5. The first-order valence-electron chi connectivity index (χ1n) is 10.8. The lowest BCUT2D eigenvalue weighted by Crippen LogP contribution is -2.52. The number of carbonyl (C=O) groups is 2. The minimum atomic E-state index is -3.80. The molecule has 1 N–H and O–H groups in total. The summed E-state index contributed by atoms with van der Waals surface area (Å²) in [6.07, 6.45) is 1.05. The van der Waals surface area contributed by atoms with Gasteiger partial charge in [-0.25, -0.2) is 8.42 Å². The van der Waals surface area contributed by atoms with Gasteiger partial charge in [-0.1, -0.05) is 41.4 Å². The standard InChI is InChI=1S/C24H31Cl2N3O4S/c1-15(2)27-24(31)18(5)28(13-19-10-11-20(25)12-21(19)26)23(30)14-29(34(6,32)33)22-9-7-8-16(3)17(22)4/h7-12,15,18H,13-14H2,1-6H3,(H,27,31)/t18-/m1/s1. The molecule has 0 aliphatic heterocycles. The third-order valence-corrected chi connectivity index (χ3v) is 7.19. The topological polar surface area (TPSA) is 86.8 Å². The van der Waals surface area contributed by atoms with Crippen molar-refractivity contribution in [2.45, 2.75) is 53.2 Å². The minimum absolute atomic E-state index is 0.00587. The van der Waals surface area contributed by atoms with E-state index in [4.69, 9.17) is 23.2 Å². The van der Waals surface area contributed by atoms with Crippen LogP contribution in [0.1, 0.15) is 37.5 Å². The number of amides is 2. The third-order valence-electron chi connectivity index (χ3n) is 5.48. The summed E-state index contributed by atoms with van der Waals surface area (Å²) in [4.78, 5) is 27.7. The summed E-state index contributed by atoms with van der Waals surface area (Å²) in [7, 11) is -3.80. The highest BCUT2D eigenvalue weighted by Crippen LogP contribution is 2.26. The summed E-state index contributed by atoms with van der Waals surface area (Å²) in [6.45, 7) is 8.45. The zero-order valence-corrected chi connectivity index (χ0v) is 22.6. The lowest BCUT2D eigenvalue weighted by atomic mass is 10.1. The molecular formula is C24H31Cl2N3O4S. The van der Waals surface area contributed by atoms with Crippen LogP contribution in [0.4, 0.5) is 5.69 Å². The summed E-state index contributed by atoms with van der Waals surface area (Å²) in [5.41, 5.74) is 2.65. The second kappa shape index (κ2) is 11.4. The molecule has 0 saturated heterocycles. The Balaban J connectivity index is 2.47. The molecule has 34 heavy (non-hydrogen) atoms. The third kappa shape index (κ3) is 7.10. The number of nitrogens with zero attached hydrogens (tertiary/aromatic N) is 2. The molecule has 0 aliphatic carbocycles. The second-order valence-corrected chi connectivity index (χ2v) is 11.3. The van der Waals surface area contributed by atoms with E-state index in [0.717, 1.165) is 21.7 Å². The molecule has 0 radical (unpaired) electrons. The monoisotopic (exact) mass is 527 g/mol. The maximum Gasteiger partial charge on any atom is 0.244 e. The van der Waals surface area contributed by atoms with Crippen molar-refractivity contribution in [3.8, 4) is 0 Å². The fraction of sp³-hybridized carbons (Fsp3) is 0.417. The molecule has 1 atom stereocenters. The predicted molar refractivity (Wildman–Crippen MR) is 138 cm³/mol. The first-order chi connectivity index (χ1) is 15.7. The first-order valence-corrected chi connectivity index (χ1v) is 13.4. The molecule has 0 aromatic heterocycles. The van der Waals surface area contributed by atoms with E-state index < -0.39 is 28.5 Å². The van der Waals surface area contributed by atoms with Gasteiger partial charge in [-0.15, -0.1) is 0 Å². The number of anilines is 1. The number of hydrogen-bond donors (Lipinski definition) is 1. The molecule has 0 saturated carbocycles. The van der Waals surface area contributed by atoms with Crippen molar-refractivity contribution < 1.29 is 18.0 Å². The van der Waals surface area contributed by atoms with Gasteiger partial charge >= 0.3 is 0 Å². The fourth-order valence-electron chi connectivity index (χ4n) is 3.42. The Bertz CT molecular complexity index is 1170. The Morgan fingerprint density at radius 2 is 1.71 bits per heavy atom. The number of hydrogen-bond acceptors (Lipinski definition) is 4. The van der Waals surface area contributed by atoms with E-state index in [1.807, 2.05) is 26.8 Å². The number of halogens is 2. The Morgan fingerprint density at radius 3 is 2.26 bits per heavy atom. The van der Waals surface area contributed by atoms with Gasteiger partial charge in [-0.3, -0.25) is 13.9 Å². The summed E-state index contributed by atoms with van der Waals surface area (Å²) >= 11 is 12.3. The van der Waals surface area contributed by atoms with Crippen molar-refractivity contribution in [1.29, 1.82) is 0 Å². The van der Waals surface area contributed by atoms with E-state index in [2.05, 4.69) is 5.32 Å². The van der Waals surface area contributed by atoms with E-state index in [-0.39, 0.29) is 18.5 Å². The van der Waals surface area contributed by atoms with E-state index >= 15 is 0 Å². The molecule has 0 unspecified atom stereocenters. The normalized spacial score (nSPS) is 12.4. The molecule has 2 amide bonds. The molecule has 0 spiro atoms. The summed E-state index contributed by atoms with van der Waals surface area (Å²) in [5.74, 6) is -0.894. The molecule has 2 aromatic carbocycles. The van der Waals surface area contributed by atoms with Crippen LogP contribution in [0.3, 0.4) is 0 Å². The van der Waals surface area contributed by atoms with E-state index in [1.54, 1.807) is 44.2 Å². The SMILES string of the molecule is Cc1cccc(N(CC(=O)N(Cc2ccc(Cl)cc2Cl)[C@H](C)C(=O)NC(C)C)S(C)(=O)=O)c1C. The van der Waals surface area contributed by atoms with Crippen molar-refractivity contribution in [2.24, 2.45) is 0 Å². The van der Waals surface area contributed by atoms with Gasteiger partial charge in [0.05, 0.1) is 11.9 Å². The first kappa shape index (κ1) is 28.0. The van der Waals surface area contributed by atoms with Gasteiger partial charge in [0.25, 0.3) is 0 Å². The zero-order chi connectivity index (χ0) is 25.8. The van der Waals surface area contributed by atoms with Crippen molar-refractivity contribution in [2.75, 3.05) is 17.1 Å². The molecule has 2 rings (SSSR count). The molecule has 0 fully saturated rings. The maximum absolute atomic E-state index is 13.6. The maximum atomic E-state index is 13.6. The number of benzene rings is 2. The molecule has 186 valence electrons. The second-order valence-electron chi connectivity index (χ2n) is 8.59. The van der Waals surface area contributed by atoms with Crippen LogP contribution in [0, 0.1) is 13.8 Å². The molecule has 0 aliphatic rings. The van der Waals surface area contributed by atoms with Crippen LogP contribution in [0.15, 0.2) is 36.4 Å². The van der Waals surface area contributed by atoms with Gasteiger partial charge in [-0.05, 0) is 69.5 Å². The number of sulfonamides is 1. The summed E-state index contributed by atoms with van der Waals surface area (Å²) in [5, 5.41) is 3.58. The van der Waals surface area contributed by atoms with Gasteiger partial charge in [0.1, 0.15) is 12.6 Å². The Labute approximate surface area is 212 Å². The zero-order valence-electron chi connectivity index (χ0n) is 20.2. The minimum Gasteiger partial charge on any atom is -0.352 e. The smallest absolute Gasteiger partial charge is 0.244 e. The highest BCUT2D eigenvalue weighted by molar-refractivity contribution is 7.92. The average molecular weight is 529 g/mol. The van der Waals surface area contributed by atoms with Crippen LogP contribution in [0.25, 0.3) is 0 Å². The van der Waals surface area contributed by atoms with Gasteiger partial charge in [-0.2, -0.15) is 0 Å². The van der Waals surface area contributed by atoms with Gasteiger partial charge in [0.2, 0.25) is 21.8 Å². The molecular weight excluding hydrogens is 497 g/mol. The molecule has 10 heteroatoms. The Morgan fingerprint density at radius 1 is 1.06 bits per heavy atom. The predicted octanol–water partition coefficient (Wildman–Crippen LogP) is 4.32. The van der Waals surface area contributed by atoms with Crippen LogP contribution in [0.2, 0.25) is 10.0 Å². The largest absolute Gasteiger partial charge is 0.352 e. The van der Waals surface area contributed by atoms with Crippen LogP contribution >= 0.6 is 23.2 Å². The van der Waals surface area contributed by atoms with Crippen LogP contribution < -0.4 is 9.62 Å². The lowest BCUT2D eigenvalue weighted by Gasteiger charge is -2.32.